The molecule has 0 aliphatic carbocycles. The van der Waals surface area contributed by atoms with Gasteiger partial charge in [-0.25, -0.2) is 0 Å². The van der Waals surface area contributed by atoms with Crippen molar-refractivity contribution in [2.24, 2.45) is 0 Å². The molecule has 4 aromatic rings. The van der Waals surface area contributed by atoms with Gasteiger partial charge >= 0.3 is 0 Å². The highest BCUT2D eigenvalue weighted by atomic mass is 16.5. The van der Waals surface area contributed by atoms with E-state index in [-0.39, 0.29) is 0 Å². The number of rotatable bonds is 5. The van der Waals surface area contributed by atoms with Gasteiger partial charge in [0, 0.05) is 37.3 Å². The largest absolute Gasteiger partial charge is 0.493 e. The van der Waals surface area contributed by atoms with E-state index in [2.05, 4.69) is 31.8 Å². The van der Waals surface area contributed by atoms with Crippen molar-refractivity contribution in [2.75, 3.05) is 13.7 Å². The van der Waals surface area contributed by atoms with E-state index in [1.54, 1.807) is 19.2 Å². The second-order valence-corrected chi connectivity index (χ2v) is 6.76. The summed E-state index contributed by atoms with van der Waals surface area (Å²) in [5.41, 5.74) is 4.20. The summed E-state index contributed by atoms with van der Waals surface area (Å²) < 4.78 is 18.0. The van der Waals surface area contributed by atoms with Gasteiger partial charge in [-0.1, -0.05) is 11.2 Å². The van der Waals surface area contributed by atoms with Crippen molar-refractivity contribution in [3.05, 3.63) is 47.0 Å². The van der Waals surface area contributed by atoms with E-state index in [9.17, 15) is 0 Å². The second-order valence-electron chi connectivity index (χ2n) is 6.76. The van der Waals surface area contributed by atoms with Crippen LogP contribution in [0, 0.1) is 6.92 Å². The topological polar surface area (TPSA) is 112 Å². The van der Waals surface area contributed by atoms with Crippen LogP contribution in [0.25, 0.3) is 17.2 Å². The number of nitrogens with one attached hydrogen (secondary N) is 1. The quantitative estimate of drug-likeness (QED) is 0.541. The summed E-state index contributed by atoms with van der Waals surface area (Å²) in [4.78, 5) is 4.71. The van der Waals surface area contributed by atoms with Crippen molar-refractivity contribution in [1.29, 1.82) is 0 Å². The van der Waals surface area contributed by atoms with Gasteiger partial charge in [0.25, 0.3) is 0 Å². The number of aryl methyl sites for hydroxylation is 1. The van der Waals surface area contributed by atoms with E-state index in [1.807, 2.05) is 13.0 Å². The minimum Gasteiger partial charge on any atom is -0.493 e. The van der Waals surface area contributed by atoms with E-state index in [4.69, 9.17) is 19.0 Å². The summed E-state index contributed by atoms with van der Waals surface area (Å²) in [6.45, 7) is 3.90. The second kappa shape index (κ2) is 7.13. The molecule has 29 heavy (non-hydrogen) atoms. The highest BCUT2D eigenvalue weighted by Crippen LogP contribution is 2.26. The zero-order chi connectivity index (χ0) is 19.8. The molecule has 0 amide bonds. The monoisotopic (exact) mass is 393 g/mol. The number of hydrogen-bond acceptors (Lipinski definition) is 9. The Bertz CT molecular complexity index is 1180. The van der Waals surface area contributed by atoms with Crippen molar-refractivity contribution >= 4 is 5.65 Å². The molecule has 4 aromatic heterocycles. The van der Waals surface area contributed by atoms with Gasteiger partial charge < -0.3 is 19.3 Å². The number of aromatic nitrogens is 6. The molecule has 148 valence electrons. The van der Waals surface area contributed by atoms with Gasteiger partial charge in [0.2, 0.25) is 17.4 Å². The van der Waals surface area contributed by atoms with E-state index in [0.717, 1.165) is 30.9 Å². The lowest BCUT2D eigenvalue weighted by molar-refractivity contribution is 0.281. The number of fused-ring (bicyclic) bond motifs is 2. The van der Waals surface area contributed by atoms with Crippen LogP contribution < -0.4 is 14.8 Å². The highest BCUT2D eigenvalue weighted by Gasteiger charge is 2.18. The molecule has 0 bridgehead atoms. The maximum atomic E-state index is 5.91. The van der Waals surface area contributed by atoms with E-state index in [1.165, 1.54) is 10.1 Å². The summed E-state index contributed by atoms with van der Waals surface area (Å²) in [5, 5.41) is 20.2. The predicted octanol–water partition coefficient (Wildman–Crippen LogP) is 1.72. The molecule has 0 aromatic carbocycles. The van der Waals surface area contributed by atoms with Gasteiger partial charge in [-0.3, -0.25) is 4.98 Å². The lowest BCUT2D eigenvalue weighted by Gasteiger charge is -2.16. The third-order valence-corrected chi connectivity index (χ3v) is 4.74. The number of hydrogen-bond donors (Lipinski definition) is 1. The molecular formula is C19H19N7O3. The Morgan fingerprint density at radius 1 is 1.24 bits per heavy atom. The minimum absolute atomic E-state index is 0.295. The number of methoxy groups -OCH3 is 1. The summed E-state index contributed by atoms with van der Waals surface area (Å²) in [5.74, 6) is 1.99. The van der Waals surface area contributed by atoms with Crippen LogP contribution in [0.15, 0.2) is 28.8 Å². The molecular weight excluding hydrogens is 374 g/mol. The smallest absolute Gasteiger partial charge is 0.236 e. The SMILES string of the molecule is COc1cc(OCc2ccc3c(n2)CCNC3)nn2c(-c3cc(C)on3)nnc12. The van der Waals surface area contributed by atoms with Crippen molar-refractivity contribution in [3.63, 3.8) is 0 Å². The van der Waals surface area contributed by atoms with Crippen LogP contribution >= 0.6 is 0 Å². The molecule has 1 N–H and O–H groups in total. The first-order chi connectivity index (χ1) is 14.2. The predicted molar refractivity (Wildman–Crippen MR) is 102 cm³/mol. The van der Waals surface area contributed by atoms with Crippen LogP contribution in [-0.4, -0.2) is 43.6 Å². The molecule has 10 nitrogen and oxygen atoms in total. The molecule has 0 atom stereocenters. The van der Waals surface area contributed by atoms with Crippen LogP contribution in [-0.2, 0) is 19.6 Å². The standard InChI is InChI=1S/C19H19N7O3/c1-11-7-15(25-29-11)18-22-23-19-16(27-2)8-17(24-26(18)19)28-10-13-4-3-12-9-20-6-5-14(12)21-13/h3-4,7-8,20H,5-6,9-10H2,1-2H3. The highest BCUT2D eigenvalue weighted by molar-refractivity contribution is 5.60. The average Bonchev–Trinajstić information content (AvgIpc) is 3.37. The fourth-order valence-corrected chi connectivity index (χ4v) is 3.30. The first kappa shape index (κ1) is 17.6. The molecule has 5 heterocycles. The first-order valence-corrected chi connectivity index (χ1v) is 9.26. The van der Waals surface area contributed by atoms with Crippen molar-refractivity contribution in [1.82, 2.24) is 35.3 Å². The Hall–Kier alpha value is -3.53. The maximum Gasteiger partial charge on any atom is 0.236 e. The third kappa shape index (κ3) is 3.27. The Labute approximate surface area is 165 Å². The van der Waals surface area contributed by atoms with Gasteiger partial charge in [-0.05, 0) is 18.6 Å². The first-order valence-electron chi connectivity index (χ1n) is 9.26. The average molecular weight is 393 g/mol. The van der Waals surface area contributed by atoms with Gasteiger partial charge in [0.05, 0.1) is 12.8 Å². The van der Waals surface area contributed by atoms with Crippen LogP contribution in [0.4, 0.5) is 0 Å². The molecule has 0 saturated carbocycles. The molecule has 1 aliphatic heterocycles. The van der Waals surface area contributed by atoms with E-state index in [0.29, 0.717) is 41.2 Å². The maximum absolute atomic E-state index is 5.91. The number of nitrogens with zero attached hydrogens (tertiary/aromatic N) is 6. The third-order valence-electron chi connectivity index (χ3n) is 4.74. The van der Waals surface area contributed by atoms with Crippen LogP contribution in [0.1, 0.15) is 22.7 Å². The Kier molecular flexibility index (Phi) is 4.32. The molecule has 0 spiro atoms. The molecule has 0 saturated heterocycles. The zero-order valence-corrected chi connectivity index (χ0v) is 16.0. The Morgan fingerprint density at radius 3 is 3.00 bits per heavy atom. The van der Waals surface area contributed by atoms with Gasteiger partial charge in [-0.15, -0.1) is 15.3 Å². The van der Waals surface area contributed by atoms with E-state index >= 15 is 0 Å². The van der Waals surface area contributed by atoms with Gasteiger partial charge in [-0.2, -0.15) is 4.52 Å². The van der Waals surface area contributed by atoms with E-state index < -0.39 is 0 Å². The summed E-state index contributed by atoms with van der Waals surface area (Å²) in [6, 6.07) is 7.52. The summed E-state index contributed by atoms with van der Waals surface area (Å²) in [7, 11) is 1.56. The molecule has 5 rings (SSSR count). The van der Waals surface area contributed by atoms with Crippen LogP contribution in [0.3, 0.4) is 0 Å². The fourth-order valence-electron chi connectivity index (χ4n) is 3.30. The zero-order valence-electron chi connectivity index (χ0n) is 16.0. The van der Waals surface area contributed by atoms with Gasteiger partial charge in [0.1, 0.15) is 12.4 Å². The lowest BCUT2D eigenvalue weighted by Crippen LogP contribution is -2.24. The van der Waals surface area contributed by atoms with Crippen LogP contribution in [0.5, 0.6) is 11.6 Å². The number of pyridine rings is 1. The lowest BCUT2D eigenvalue weighted by atomic mass is 10.1. The van der Waals surface area contributed by atoms with Crippen molar-refractivity contribution in [2.45, 2.75) is 26.5 Å². The summed E-state index contributed by atoms with van der Waals surface area (Å²) >= 11 is 0. The van der Waals surface area contributed by atoms with Crippen LogP contribution in [0.2, 0.25) is 0 Å². The molecule has 0 fully saturated rings. The normalized spacial score (nSPS) is 13.4. The minimum atomic E-state index is 0.295. The molecule has 0 radical (unpaired) electrons. The van der Waals surface area contributed by atoms with Gasteiger partial charge in [0.15, 0.2) is 11.4 Å². The molecule has 0 unspecified atom stereocenters. The van der Waals surface area contributed by atoms with Crippen molar-refractivity contribution in [3.8, 4) is 23.1 Å². The Balaban J connectivity index is 1.45. The number of ether oxygens (including phenoxy) is 2. The summed E-state index contributed by atoms with van der Waals surface area (Å²) in [6.07, 6.45) is 0.919. The molecule has 1 aliphatic rings. The fraction of sp³-hybridized carbons (Fsp3) is 0.316. The van der Waals surface area contributed by atoms with Crippen molar-refractivity contribution < 1.29 is 14.0 Å². The molecule has 10 heteroatoms. The Morgan fingerprint density at radius 2 is 2.17 bits per heavy atom.